The van der Waals surface area contributed by atoms with E-state index >= 15 is 0 Å². The minimum Gasteiger partial charge on any atom is -0.370 e. The molecule has 1 aliphatic carbocycles. The highest BCUT2D eigenvalue weighted by Gasteiger charge is 2.19. The Bertz CT molecular complexity index is 673. The number of hydrogen-bond donors (Lipinski definition) is 1. The van der Waals surface area contributed by atoms with Crippen LogP contribution in [0.2, 0.25) is 5.02 Å². The largest absolute Gasteiger partial charge is 0.370 e. The molecule has 110 valence electrons. The molecule has 21 heavy (non-hydrogen) atoms. The van der Waals surface area contributed by atoms with Gasteiger partial charge in [0, 0.05) is 27.8 Å². The van der Waals surface area contributed by atoms with E-state index in [0.717, 1.165) is 53.9 Å². The Balaban J connectivity index is 2.04. The number of rotatable bonds is 4. The van der Waals surface area contributed by atoms with Crippen molar-refractivity contribution in [1.29, 1.82) is 0 Å². The van der Waals surface area contributed by atoms with Gasteiger partial charge < -0.3 is 5.32 Å². The average Bonchev–Trinajstić information content (AvgIpc) is 2.96. The van der Waals surface area contributed by atoms with Crippen LogP contribution >= 0.6 is 27.5 Å². The maximum absolute atomic E-state index is 6.19. The molecule has 0 fully saturated rings. The van der Waals surface area contributed by atoms with Crippen LogP contribution in [-0.2, 0) is 12.8 Å². The first-order chi connectivity index (χ1) is 10.2. The lowest BCUT2D eigenvalue weighted by atomic mass is 10.2. The van der Waals surface area contributed by atoms with Gasteiger partial charge in [0.1, 0.15) is 5.82 Å². The summed E-state index contributed by atoms with van der Waals surface area (Å²) in [6.45, 7) is 3.09. The molecule has 0 saturated heterocycles. The van der Waals surface area contributed by atoms with E-state index in [-0.39, 0.29) is 0 Å². The number of nitrogens with zero attached hydrogens (tertiary/aromatic N) is 2. The van der Waals surface area contributed by atoms with E-state index in [4.69, 9.17) is 21.6 Å². The number of fused-ring (bicyclic) bond motifs is 1. The molecule has 0 spiro atoms. The van der Waals surface area contributed by atoms with Crippen LogP contribution in [0, 0.1) is 0 Å². The number of halogens is 2. The van der Waals surface area contributed by atoms with Crippen LogP contribution < -0.4 is 5.32 Å². The van der Waals surface area contributed by atoms with E-state index in [0.29, 0.717) is 5.02 Å². The highest BCUT2D eigenvalue weighted by atomic mass is 79.9. The summed E-state index contributed by atoms with van der Waals surface area (Å²) in [7, 11) is 0. The van der Waals surface area contributed by atoms with Gasteiger partial charge in [-0.2, -0.15) is 0 Å². The minimum atomic E-state index is 0.680. The van der Waals surface area contributed by atoms with E-state index in [2.05, 4.69) is 28.2 Å². The second-order valence-corrected chi connectivity index (χ2v) is 6.49. The lowest BCUT2D eigenvalue weighted by Gasteiger charge is -2.12. The summed E-state index contributed by atoms with van der Waals surface area (Å²) in [6.07, 6.45) is 4.35. The monoisotopic (exact) mass is 365 g/mol. The van der Waals surface area contributed by atoms with E-state index in [1.165, 1.54) is 11.3 Å². The number of hydrogen-bond acceptors (Lipinski definition) is 3. The van der Waals surface area contributed by atoms with Crippen molar-refractivity contribution in [3.05, 3.63) is 39.0 Å². The third-order valence-corrected chi connectivity index (χ3v) is 4.89. The lowest BCUT2D eigenvalue weighted by Crippen LogP contribution is -2.08. The molecular formula is C16H17BrClN3. The molecule has 0 radical (unpaired) electrons. The van der Waals surface area contributed by atoms with Gasteiger partial charge >= 0.3 is 0 Å². The normalized spacial score (nSPS) is 13.3. The Kier molecular flexibility index (Phi) is 4.45. The molecule has 1 N–H and O–H groups in total. The lowest BCUT2D eigenvalue weighted by molar-refractivity contribution is 0.899. The average molecular weight is 367 g/mol. The van der Waals surface area contributed by atoms with Crippen molar-refractivity contribution in [1.82, 2.24) is 9.97 Å². The van der Waals surface area contributed by atoms with Crippen molar-refractivity contribution >= 4 is 33.3 Å². The zero-order valence-electron chi connectivity index (χ0n) is 11.9. The first-order valence-corrected chi connectivity index (χ1v) is 8.45. The van der Waals surface area contributed by atoms with Crippen molar-refractivity contribution < 1.29 is 0 Å². The Labute approximate surface area is 138 Å². The van der Waals surface area contributed by atoms with Crippen LogP contribution in [-0.4, -0.2) is 16.5 Å². The molecule has 0 aliphatic heterocycles. The first-order valence-electron chi connectivity index (χ1n) is 7.28. The SMILES string of the molecule is CCCNc1nc(-c2ccc(Br)c(Cl)c2)nc2c1CCC2. The van der Waals surface area contributed by atoms with Gasteiger partial charge in [-0.1, -0.05) is 18.5 Å². The number of anilines is 1. The highest BCUT2D eigenvalue weighted by molar-refractivity contribution is 9.10. The van der Waals surface area contributed by atoms with Crippen LogP contribution in [0.5, 0.6) is 0 Å². The van der Waals surface area contributed by atoms with Crippen LogP contribution in [0.15, 0.2) is 22.7 Å². The topological polar surface area (TPSA) is 37.8 Å². The Morgan fingerprint density at radius 2 is 2.14 bits per heavy atom. The van der Waals surface area contributed by atoms with E-state index in [1.54, 1.807) is 0 Å². The molecule has 5 heteroatoms. The fourth-order valence-corrected chi connectivity index (χ4v) is 3.01. The van der Waals surface area contributed by atoms with Gasteiger partial charge in [-0.25, -0.2) is 9.97 Å². The minimum absolute atomic E-state index is 0.680. The molecule has 1 aromatic heterocycles. The second kappa shape index (κ2) is 6.32. The first kappa shape index (κ1) is 14.8. The van der Waals surface area contributed by atoms with Crippen molar-refractivity contribution in [3.63, 3.8) is 0 Å². The molecule has 0 unspecified atom stereocenters. The number of aromatic nitrogens is 2. The van der Waals surface area contributed by atoms with E-state index in [1.807, 2.05) is 18.2 Å². The molecule has 1 aromatic carbocycles. The molecule has 1 aliphatic rings. The quantitative estimate of drug-likeness (QED) is 0.839. The zero-order chi connectivity index (χ0) is 14.8. The molecule has 3 rings (SSSR count). The van der Waals surface area contributed by atoms with Gasteiger partial charge in [0.05, 0.1) is 5.02 Å². The van der Waals surface area contributed by atoms with Gasteiger partial charge in [0.25, 0.3) is 0 Å². The number of benzene rings is 1. The summed E-state index contributed by atoms with van der Waals surface area (Å²) >= 11 is 9.60. The summed E-state index contributed by atoms with van der Waals surface area (Å²) in [6, 6.07) is 5.84. The van der Waals surface area contributed by atoms with Crippen LogP contribution in [0.25, 0.3) is 11.4 Å². The summed E-state index contributed by atoms with van der Waals surface area (Å²) in [5.41, 5.74) is 3.42. The fourth-order valence-electron chi connectivity index (χ4n) is 2.59. The maximum Gasteiger partial charge on any atom is 0.161 e. The zero-order valence-corrected chi connectivity index (χ0v) is 14.3. The summed E-state index contributed by atoms with van der Waals surface area (Å²) in [5.74, 6) is 1.75. The maximum atomic E-state index is 6.19. The summed E-state index contributed by atoms with van der Waals surface area (Å²) in [5, 5.41) is 4.12. The van der Waals surface area contributed by atoms with E-state index < -0.39 is 0 Å². The Hall–Kier alpha value is -1.13. The standard InChI is InChI=1S/C16H17BrClN3/c1-2-8-19-16-11-4-3-5-14(11)20-15(21-16)10-6-7-12(17)13(18)9-10/h6-7,9H,2-5,8H2,1H3,(H,19,20,21). The van der Waals surface area contributed by atoms with Crippen molar-refractivity contribution in [2.24, 2.45) is 0 Å². The number of nitrogens with one attached hydrogen (secondary N) is 1. The van der Waals surface area contributed by atoms with Gasteiger partial charge in [-0.05, 0) is 59.8 Å². The van der Waals surface area contributed by atoms with Crippen LogP contribution in [0.3, 0.4) is 0 Å². The molecule has 0 atom stereocenters. The molecule has 3 nitrogen and oxygen atoms in total. The third-order valence-electron chi connectivity index (χ3n) is 3.65. The van der Waals surface area contributed by atoms with Crippen molar-refractivity contribution in [2.45, 2.75) is 32.6 Å². The second-order valence-electron chi connectivity index (χ2n) is 5.23. The van der Waals surface area contributed by atoms with Gasteiger partial charge in [0.2, 0.25) is 0 Å². The number of aryl methyl sites for hydroxylation is 1. The molecule has 0 amide bonds. The highest BCUT2D eigenvalue weighted by Crippen LogP contribution is 2.31. The molecule has 2 aromatic rings. The molecule has 0 saturated carbocycles. The van der Waals surface area contributed by atoms with Crippen LogP contribution in [0.4, 0.5) is 5.82 Å². The summed E-state index contributed by atoms with van der Waals surface area (Å²) < 4.78 is 0.887. The van der Waals surface area contributed by atoms with Crippen molar-refractivity contribution in [3.8, 4) is 11.4 Å². The van der Waals surface area contributed by atoms with Gasteiger partial charge in [-0.3, -0.25) is 0 Å². The fraction of sp³-hybridized carbons (Fsp3) is 0.375. The predicted molar refractivity (Wildman–Crippen MR) is 91.0 cm³/mol. The Morgan fingerprint density at radius 1 is 1.29 bits per heavy atom. The Morgan fingerprint density at radius 3 is 2.90 bits per heavy atom. The van der Waals surface area contributed by atoms with E-state index in [9.17, 15) is 0 Å². The predicted octanol–water partition coefficient (Wildman–Crippen LogP) is 4.87. The molecule has 1 heterocycles. The van der Waals surface area contributed by atoms with Crippen molar-refractivity contribution in [2.75, 3.05) is 11.9 Å². The summed E-state index contributed by atoms with van der Waals surface area (Å²) in [4.78, 5) is 9.46. The third kappa shape index (κ3) is 3.06. The smallest absolute Gasteiger partial charge is 0.161 e. The van der Waals surface area contributed by atoms with Crippen LogP contribution in [0.1, 0.15) is 31.0 Å². The molecular weight excluding hydrogens is 350 g/mol. The van der Waals surface area contributed by atoms with Gasteiger partial charge in [0.15, 0.2) is 5.82 Å². The molecule has 0 bridgehead atoms. The van der Waals surface area contributed by atoms with Gasteiger partial charge in [-0.15, -0.1) is 0 Å².